The quantitative estimate of drug-likeness (QED) is 0.559. The molecule has 4 heteroatoms. The molecule has 4 nitrogen and oxygen atoms in total. The zero-order valence-electron chi connectivity index (χ0n) is 16.1. The van der Waals surface area contributed by atoms with Crippen molar-refractivity contribution in [2.75, 3.05) is 28.4 Å². The number of benzene rings is 3. The van der Waals surface area contributed by atoms with Crippen LogP contribution in [0.4, 0.5) is 0 Å². The summed E-state index contributed by atoms with van der Waals surface area (Å²) in [6.45, 7) is 0. The van der Waals surface area contributed by atoms with Gasteiger partial charge in [-0.05, 0) is 17.7 Å². The van der Waals surface area contributed by atoms with Gasteiger partial charge in [0.15, 0.2) is 0 Å². The predicted molar refractivity (Wildman–Crippen MR) is 106 cm³/mol. The van der Waals surface area contributed by atoms with Crippen molar-refractivity contribution >= 4 is 0 Å². The van der Waals surface area contributed by atoms with Crippen LogP contribution in [-0.4, -0.2) is 28.4 Å². The Morgan fingerprint density at radius 2 is 1.04 bits per heavy atom. The average Bonchev–Trinajstić information content (AvgIpc) is 2.75. The molecule has 0 aliphatic carbocycles. The Morgan fingerprint density at radius 1 is 0.556 bits per heavy atom. The highest BCUT2D eigenvalue weighted by molar-refractivity contribution is 5.56. The minimum atomic E-state index is -0.0621. The second-order valence-corrected chi connectivity index (χ2v) is 6.06. The smallest absolute Gasteiger partial charge is 0.126 e. The minimum absolute atomic E-state index is 0.0621. The van der Waals surface area contributed by atoms with E-state index in [4.69, 9.17) is 18.9 Å². The summed E-state index contributed by atoms with van der Waals surface area (Å²) in [6, 6.07) is 22.1. The van der Waals surface area contributed by atoms with E-state index in [9.17, 15) is 0 Å². The van der Waals surface area contributed by atoms with E-state index in [0.717, 1.165) is 39.7 Å². The maximum Gasteiger partial charge on any atom is 0.126 e. The molecule has 0 radical (unpaired) electrons. The Kier molecular flexibility index (Phi) is 5.87. The largest absolute Gasteiger partial charge is 0.497 e. The monoisotopic (exact) mass is 364 g/mol. The van der Waals surface area contributed by atoms with Gasteiger partial charge >= 0.3 is 0 Å². The Balaban J connectivity index is 2.23. The first-order valence-electron chi connectivity index (χ1n) is 8.70. The van der Waals surface area contributed by atoms with E-state index in [1.807, 2.05) is 54.6 Å². The summed E-state index contributed by atoms with van der Waals surface area (Å²) in [7, 11) is 6.64. The molecule has 0 bridgehead atoms. The van der Waals surface area contributed by atoms with E-state index in [1.165, 1.54) is 0 Å². The van der Waals surface area contributed by atoms with Crippen LogP contribution in [0.2, 0.25) is 0 Å². The van der Waals surface area contributed by atoms with Gasteiger partial charge in [0.25, 0.3) is 0 Å². The van der Waals surface area contributed by atoms with Crippen molar-refractivity contribution < 1.29 is 18.9 Å². The SMILES string of the molecule is COc1ccc(C(c2ccccc2)c2ccc(OC)cc2OC)c(OC)c1. The Bertz CT molecular complexity index is 835. The fourth-order valence-corrected chi connectivity index (χ4v) is 3.29. The van der Waals surface area contributed by atoms with Crippen LogP contribution in [0.15, 0.2) is 66.7 Å². The molecule has 0 atom stereocenters. The van der Waals surface area contributed by atoms with Gasteiger partial charge in [0.2, 0.25) is 0 Å². The number of methoxy groups -OCH3 is 4. The summed E-state index contributed by atoms with van der Waals surface area (Å²) >= 11 is 0. The standard InChI is InChI=1S/C23H24O4/c1-24-17-10-12-19(21(14-17)26-3)23(16-8-6-5-7-9-16)20-13-11-18(25-2)15-22(20)27-4/h5-15,23H,1-4H3. The normalized spacial score (nSPS) is 10.6. The van der Waals surface area contributed by atoms with Crippen LogP contribution < -0.4 is 18.9 Å². The third kappa shape index (κ3) is 3.85. The highest BCUT2D eigenvalue weighted by Crippen LogP contribution is 2.43. The van der Waals surface area contributed by atoms with Gasteiger partial charge in [-0.3, -0.25) is 0 Å². The summed E-state index contributed by atoms with van der Waals surface area (Å²) in [4.78, 5) is 0. The highest BCUT2D eigenvalue weighted by Gasteiger charge is 2.24. The lowest BCUT2D eigenvalue weighted by molar-refractivity contribution is 0.386. The zero-order valence-corrected chi connectivity index (χ0v) is 16.1. The van der Waals surface area contributed by atoms with Gasteiger partial charge in [-0.1, -0.05) is 42.5 Å². The van der Waals surface area contributed by atoms with Gasteiger partial charge in [0.1, 0.15) is 23.0 Å². The Labute approximate surface area is 160 Å². The molecule has 3 aromatic rings. The molecule has 140 valence electrons. The van der Waals surface area contributed by atoms with Crippen LogP contribution in [0, 0.1) is 0 Å². The Hall–Kier alpha value is -3.14. The molecule has 0 heterocycles. The lowest BCUT2D eigenvalue weighted by Crippen LogP contribution is -2.07. The molecule has 3 rings (SSSR count). The van der Waals surface area contributed by atoms with Gasteiger partial charge in [-0.2, -0.15) is 0 Å². The zero-order chi connectivity index (χ0) is 19.2. The van der Waals surface area contributed by atoms with Crippen LogP contribution in [0.3, 0.4) is 0 Å². The first-order valence-corrected chi connectivity index (χ1v) is 8.70. The number of hydrogen-bond acceptors (Lipinski definition) is 4. The summed E-state index contributed by atoms with van der Waals surface area (Å²) < 4.78 is 22.1. The molecule has 0 aromatic heterocycles. The van der Waals surface area contributed by atoms with E-state index >= 15 is 0 Å². The lowest BCUT2D eigenvalue weighted by Gasteiger charge is -2.23. The molecule has 0 aliphatic rings. The number of rotatable bonds is 7. The average molecular weight is 364 g/mol. The van der Waals surface area contributed by atoms with Gasteiger partial charge in [-0.15, -0.1) is 0 Å². The maximum absolute atomic E-state index is 5.68. The van der Waals surface area contributed by atoms with Crippen molar-refractivity contribution in [3.05, 3.63) is 83.4 Å². The van der Waals surface area contributed by atoms with E-state index in [1.54, 1.807) is 28.4 Å². The van der Waals surface area contributed by atoms with Gasteiger partial charge in [0.05, 0.1) is 28.4 Å². The predicted octanol–water partition coefficient (Wildman–Crippen LogP) is 4.90. The lowest BCUT2D eigenvalue weighted by atomic mass is 9.84. The van der Waals surface area contributed by atoms with Crippen molar-refractivity contribution in [3.63, 3.8) is 0 Å². The highest BCUT2D eigenvalue weighted by atomic mass is 16.5. The van der Waals surface area contributed by atoms with Crippen LogP contribution in [0.5, 0.6) is 23.0 Å². The van der Waals surface area contributed by atoms with Crippen LogP contribution in [0.25, 0.3) is 0 Å². The first-order chi connectivity index (χ1) is 13.2. The molecule has 0 unspecified atom stereocenters. The molecule has 0 saturated heterocycles. The fraction of sp³-hybridized carbons (Fsp3) is 0.217. The van der Waals surface area contributed by atoms with Crippen molar-refractivity contribution in [2.24, 2.45) is 0 Å². The minimum Gasteiger partial charge on any atom is -0.497 e. The molecular formula is C23H24O4. The molecule has 0 N–H and O–H groups in total. The third-order valence-corrected chi connectivity index (χ3v) is 4.64. The molecule has 0 spiro atoms. The van der Waals surface area contributed by atoms with E-state index < -0.39 is 0 Å². The van der Waals surface area contributed by atoms with Gasteiger partial charge in [0, 0.05) is 29.2 Å². The fourth-order valence-electron chi connectivity index (χ4n) is 3.29. The van der Waals surface area contributed by atoms with Crippen molar-refractivity contribution in [1.29, 1.82) is 0 Å². The Morgan fingerprint density at radius 3 is 1.44 bits per heavy atom. The molecule has 0 saturated carbocycles. The maximum atomic E-state index is 5.68. The molecule has 0 aliphatic heterocycles. The van der Waals surface area contributed by atoms with Crippen molar-refractivity contribution in [2.45, 2.75) is 5.92 Å². The summed E-state index contributed by atoms with van der Waals surface area (Å²) in [5.41, 5.74) is 3.21. The summed E-state index contributed by atoms with van der Waals surface area (Å²) in [5, 5.41) is 0. The van der Waals surface area contributed by atoms with Crippen LogP contribution in [0.1, 0.15) is 22.6 Å². The molecule has 3 aromatic carbocycles. The second kappa shape index (κ2) is 8.49. The van der Waals surface area contributed by atoms with Crippen LogP contribution >= 0.6 is 0 Å². The summed E-state index contributed by atoms with van der Waals surface area (Å²) in [6.07, 6.45) is 0. The van der Waals surface area contributed by atoms with Crippen molar-refractivity contribution in [3.8, 4) is 23.0 Å². The van der Waals surface area contributed by atoms with Crippen molar-refractivity contribution in [1.82, 2.24) is 0 Å². The molecular weight excluding hydrogens is 340 g/mol. The third-order valence-electron chi connectivity index (χ3n) is 4.64. The number of ether oxygens (including phenoxy) is 4. The number of hydrogen-bond donors (Lipinski definition) is 0. The van der Waals surface area contributed by atoms with E-state index in [0.29, 0.717) is 0 Å². The van der Waals surface area contributed by atoms with Gasteiger partial charge < -0.3 is 18.9 Å². The first kappa shape index (κ1) is 18.6. The molecule has 27 heavy (non-hydrogen) atoms. The van der Waals surface area contributed by atoms with Gasteiger partial charge in [-0.25, -0.2) is 0 Å². The summed E-state index contributed by atoms with van der Waals surface area (Å²) in [5.74, 6) is 2.98. The van der Waals surface area contributed by atoms with Crippen LogP contribution in [-0.2, 0) is 0 Å². The molecule has 0 amide bonds. The van der Waals surface area contributed by atoms with E-state index in [2.05, 4.69) is 12.1 Å². The second-order valence-electron chi connectivity index (χ2n) is 6.06. The topological polar surface area (TPSA) is 36.9 Å². The molecule has 0 fully saturated rings. The van der Waals surface area contributed by atoms with E-state index in [-0.39, 0.29) is 5.92 Å².